The number of nitrogens with one attached hydrogen (secondary N) is 1. The highest BCUT2D eigenvalue weighted by molar-refractivity contribution is 7.84. The summed E-state index contributed by atoms with van der Waals surface area (Å²) in [6.07, 6.45) is -0.849. The molecule has 1 amide bonds. The highest BCUT2D eigenvalue weighted by atomic mass is 32.1. The molecule has 0 fully saturated rings. The summed E-state index contributed by atoms with van der Waals surface area (Å²) in [5, 5.41) is 12.0. The lowest BCUT2D eigenvalue weighted by atomic mass is 10.0. The summed E-state index contributed by atoms with van der Waals surface area (Å²) < 4.78 is 43.9. The van der Waals surface area contributed by atoms with Crippen molar-refractivity contribution in [2.45, 2.75) is 37.1 Å². The van der Waals surface area contributed by atoms with Gasteiger partial charge in [0.15, 0.2) is 16.3 Å². The molecule has 1 aliphatic rings. The molecular formula is C17H18F2N2O6S4. The zero-order chi connectivity index (χ0) is 23.7. The zero-order valence-electron chi connectivity index (χ0n) is 16.3. The number of carbonyl (C=O) groups excluding carboxylic acids is 1. The zero-order valence-corrected chi connectivity index (χ0v) is 19.8. The Kier molecular flexibility index (Phi) is 8.05. The van der Waals surface area contributed by atoms with Crippen LogP contribution in [-0.2, 0) is 13.7 Å². The number of allylic oxidation sites excluding steroid dienone is 1. The predicted molar refractivity (Wildman–Crippen MR) is 121 cm³/mol. The molecule has 14 heteroatoms. The van der Waals surface area contributed by atoms with E-state index < -0.39 is 44.6 Å². The molecule has 2 atom stereocenters. The van der Waals surface area contributed by atoms with Crippen LogP contribution in [0.25, 0.3) is 0 Å². The molecule has 170 valence electrons. The lowest BCUT2D eigenvalue weighted by Gasteiger charge is -2.30. The Balaban J connectivity index is 2.51. The maximum absolute atomic E-state index is 14.1. The van der Waals surface area contributed by atoms with Crippen molar-refractivity contribution in [2.24, 2.45) is 0 Å². The van der Waals surface area contributed by atoms with E-state index in [1.54, 1.807) is 20.8 Å². The van der Waals surface area contributed by atoms with E-state index in [2.05, 4.69) is 56.1 Å². The summed E-state index contributed by atoms with van der Waals surface area (Å²) in [4.78, 5) is 21.8. The van der Waals surface area contributed by atoms with Gasteiger partial charge in [0.1, 0.15) is 11.3 Å². The average Bonchev–Trinajstić information content (AvgIpc) is 2.60. The second kappa shape index (κ2) is 9.79. The van der Waals surface area contributed by atoms with Crippen LogP contribution >= 0.6 is 50.8 Å². The first kappa shape index (κ1) is 25.5. The van der Waals surface area contributed by atoms with Gasteiger partial charge in [-0.2, -0.15) is 21.4 Å². The number of thiol groups is 4. The van der Waals surface area contributed by atoms with Crippen LogP contribution in [0.15, 0.2) is 34.3 Å². The fourth-order valence-corrected chi connectivity index (χ4v) is 3.93. The Bertz CT molecular complexity index is 957. The van der Waals surface area contributed by atoms with Crippen molar-refractivity contribution < 1.29 is 32.2 Å². The van der Waals surface area contributed by atoms with Crippen molar-refractivity contribution in [3.05, 3.63) is 61.6 Å². The van der Waals surface area contributed by atoms with Crippen molar-refractivity contribution in [1.29, 1.82) is 0 Å². The molecule has 2 rings (SSSR count). The Hall–Kier alpha value is -1.77. The summed E-state index contributed by atoms with van der Waals surface area (Å²) in [7, 11) is 0. The third kappa shape index (κ3) is 5.93. The van der Waals surface area contributed by atoms with Crippen LogP contribution in [0.3, 0.4) is 0 Å². The summed E-state index contributed by atoms with van der Waals surface area (Å²) in [5.41, 5.74) is -3.26. The van der Waals surface area contributed by atoms with Crippen LogP contribution in [0.1, 0.15) is 31.6 Å². The first-order valence-corrected chi connectivity index (χ1v) is 10.3. The molecule has 0 aromatic heterocycles. The van der Waals surface area contributed by atoms with Gasteiger partial charge in [0.2, 0.25) is 11.6 Å². The average molecular weight is 513 g/mol. The molecule has 0 radical (unpaired) electrons. The Morgan fingerprint density at radius 3 is 2.32 bits per heavy atom. The number of nitrogens with zero attached hydrogens (tertiary/aromatic N) is 1. The highest BCUT2D eigenvalue weighted by Gasteiger charge is 2.36. The van der Waals surface area contributed by atoms with Gasteiger partial charge in [-0.05, 0) is 38.5 Å². The van der Waals surface area contributed by atoms with Crippen LogP contribution < -0.4 is 5.32 Å². The van der Waals surface area contributed by atoms with Crippen LogP contribution in [0.4, 0.5) is 19.3 Å². The molecule has 1 N–H and O–H groups in total. The van der Waals surface area contributed by atoms with Gasteiger partial charge in [0, 0.05) is 12.9 Å². The number of carbonyl (C=O) groups is 1. The molecular weight excluding hydrogens is 494 g/mol. The lowest BCUT2D eigenvalue weighted by molar-refractivity contribution is -0.390. The second-order valence-corrected chi connectivity index (χ2v) is 8.72. The van der Waals surface area contributed by atoms with Crippen molar-refractivity contribution >= 4 is 62.6 Å². The van der Waals surface area contributed by atoms with Crippen LogP contribution in [0.2, 0.25) is 0 Å². The van der Waals surface area contributed by atoms with Crippen molar-refractivity contribution in [2.75, 3.05) is 0 Å². The first-order chi connectivity index (χ1) is 14.3. The third-order valence-corrected chi connectivity index (χ3v) is 5.18. The van der Waals surface area contributed by atoms with Crippen molar-refractivity contribution in [1.82, 2.24) is 5.32 Å². The minimum atomic E-state index is -1.39. The number of alkyl carbamates (subject to hydrolysis) is 1. The molecule has 31 heavy (non-hydrogen) atoms. The third-order valence-electron chi connectivity index (χ3n) is 3.73. The molecule has 1 aromatic rings. The molecule has 1 aromatic carbocycles. The topological polar surface area (TPSA) is 99.9 Å². The molecule has 0 saturated heterocycles. The minimum absolute atomic E-state index is 0.0257. The number of nitro groups is 1. The van der Waals surface area contributed by atoms with E-state index in [-0.39, 0.29) is 27.7 Å². The molecule has 0 aliphatic carbocycles. The second-order valence-electron chi connectivity index (χ2n) is 7.14. The number of amides is 1. The Morgan fingerprint density at radius 1 is 1.32 bits per heavy atom. The van der Waals surface area contributed by atoms with Gasteiger partial charge in [-0.15, -0.1) is 25.3 Å². The van der Waals surface area contributed by atoms with E-state index in [0.29, 0.717) is 0 Å². The largest absolute Gasteiger partial charge is 0.467 e. The Labute approximate surface area is 198 Å². The smallest absolute Gasteiger partial charge is 0.412 e. The maximum atomic E-state index is 14.1. The normalized spacial score (nSPS) is 17.8. The minimum Gasteiger partial charge on any atom is -0.467 e. The number of benzene rings is 1. The standard InChI is InChI=1S/C17H18F2N2O6S4/c1-17(2,3)26-16(22)20-10-12(27-31)9(14(29)25-15(10)30)13(28)6-4-7(18)11(21(23)24)8(19)5-6/h4-5,13,15,28-31H,1-3H3,(H,20,22). The molecule has 0 bridgehead atoms. The molecule has 2 unspecified atom stereocenters. The van der Waals surface area contributed by atoms with Crippen molar-refractivity contribution in [3.8, 4) is 0 Å². The molecule has 1 aliphatic heterocycles. The number of rotatable bonds is 5. The SMILES string of the molecule is CC(C)(C)OC(=O)NC1=C(OS)C(C(S)c2cc(F)c([N+](=O)[O-])c(F)c2)=C(S)OC1S. The number of hydrogen-bond donors (Lipinski definition) is 5. The summed E-state index contributed by atoms with van der Waals surface area (Å²) in [5.74, 6) is -2.90. The van der Waals surface area contributed by atoms with Crippen LogP contribution in [-0.4, -0.2) is 22.1 Å². The van der Waals surface area contributed by atoms with E-state index in [4.69, 9.17) is 13.7 Å². The van der Waals surface area contributed by atoms with Crippen LogP contribution in [0, 0.1) is 21.7 Å². The van der Waals surface area contributed by atoms with Gasteiger partial charge in [0.05, 0.1) is 15.7 Å². The molecule has 8 nitrogen and oxygen atoms in total. The lowest BCUT2D eigenvalue weighted by Crippen LogP contribution is -2.37. The van der Waals surface area contributed by atoms with Gasteiger partial charge >= 0.3 is 11.8 Å². The van der Waals surface area contributed by atoms with Crippen molar-refractivity contribution in [3.63, 3.8) is 0 Å². The monoisotopic (exact) mass is 512 g/mol. The fourth-order valence-electron chi connectivity index (χ4n) is 2.54. The Morgan fingerprint density at radius 2 is 1.87 bits per heavy atom. The quantitative estimate of drug-likeness (QED) is 0.167. The predicted octanol–water partition coefficient (Wildman–Crippen LogP) is 4.87. The highest BCUT2D eigenvalue weighted by Crippen LogP contribution is 2.43. The fraction of sp³-hybridized carbons (Fsp3) is 0.353. The number of halogens is 2. The number of nitro benzene ring substituents is 1. The number of ether oxygens (including phenoxy) is 2. The van der Waals surface area contributed by atoms with Gasteiger partial charge in [-0.25, -0.2) is 4.79 Å². The van der Waals surface area contributed by atoms with E-state index in [9.17, 15) is 23.7 Å². The van der Waals surface area contributed by atoms with Gasteiger partial charge in [-0.3, -0.25) is 15.4 Å². The van der Waals surface area contributed by atoms with E-state index in [0.717, 1.165) is 12.1 Å². The van der Waals surface area contributed by atoms with Gasteiger partial charge in [0.25, 0.3) is 0 Å². The first-order valence-electron chi connectivity index (χ1n) is 8.42. The van der Waals surface area contributed by atoms with Gasteiger partial charge in [-0.1, -0.05) is 0 Å². The maximum Gasteiger partial charge on any atom is 0.412 e. The van der Waals surface area contributed by atoms with E-state index in [1.807, 2.05) is 0 Å². The molecule has 1 heterocycles. The van der Waals surface area contributed by atoms with E-state index in [1.165, 1.54) is 0 Å². The molecule has 0 spiro atoms. The van der Waals surface area contributed by atoms with Gasteiger partial charge < -0.3 is 13.7 Å². The summed E-state index contributed by atoms with van der Waals surface area (Å²) in [6.45, 7) is 4.97. The number of hydrogen-bond acceptors (Lipinski definition) is 10. The van der Waals surface area contributed by atoms with Crippen LogP contribution in [0.5, 0.6) is 0 Å². The summed E-state index contributed by atoms with van der Waals surface area (Å²) >= 11 is 16.5. The molecule has 0 saturated carbocycles. The van der Waals surface area contributed by atoms with E-state index >= 15 is 0 Å². The summed E-state index contributed by atoms with van der Waals surface area (Å²) in [6, 6.07) is 1.49.